The summed E-state index contributed by atoms with van der Waals surface area (Å²) in [4.78, 5) is 43.0. The van der Waals surface area contributed by atoms with E-state index in [0.717, 1.165) is 27.4 Å². The van der Waals surface area contributed by atoms with Crippen molar-refractivity contribution in [1.29, 1.82) is 0 Å². The first-order chi connectivity index (χ1) is 17.8. The van der Waals surface area contributed by atoms with Gasteiger partial charge in [0.25, 0.3) is 0 Å². The fourth-order valence-electron chi connectivity index (χ4n) is 4.99. The summed E-state index contributed by atoms with van der Waals surface area (Å²) in [6.45, 7) is 8.27. The molecule has 5 rings (SSSR count). The van der Waals surface area contributed by atoms with Crippen LogP contribution in [0.25, 0.3) is 21.8 Å². The number of nitrogens with one attached hydrogen (secondary N) is 1. The second-order valence-electron chi connectivity index (χ2n) is 9.34. The van der Waals surface area contributed by atoms with Crippen LogP contribution in [-0.2, 0) is 16.2 Å². The number of aromatic nitrogens is 1. The normalized spacial score (nSPS) is 13.2. The van der Waals surface area contributed by atoms with E-state index in [0.29, 0.717) is 29.0 Å². The summed E-state index contributed by atoms with van der Waals surface area (Å²) in [6.07, 6.45) is 1.55. The molecule has 4 aromatic rings. The maximum atomic E-state index is 13.6. The van der Waals surface area contributed by atoms with Crippen molar-refractivity contribution >= 4 is 39.3 Å². The Kier molecular flexibility index (Phi) is 6.29. The number of Topliss-reactive ketones (excluding diaryl/α,β-unsaturated/α-hetero) is 1. The van der Waals surface area contributed by atoms with Gasteiger partial charge >= 0.3 is 5.97 Å². The molecule has 1 N–H and O–H groups in total. The molecule has 0 unspecified atom stereocenters. The minimum atomic E-state index is -0.559. The van der Waals surface area contributed by atoms with E-state index in [9.17, 15) is 14.4 Å². The van der Waals surface area contributed by atoms with Crippen molar-refractivity contribution in [3.63, 3.8) is 0 Å². The number of aryl methyl sites for hydroxylation is 1. The van der Waals surface area contributed by atoms with Crippen molar-refractivity contribution in [2.75, 3.05) is 6.61 Å². The Morgan fingerprint density at radius 2 is 1.84 bits per heavy atom. The third-order valence-electron chi connectivity index (χ3n) is 6.70. The van der Waals surface area contributed by atoms with Crippen LogP contribution in [0, 0.1) is 0 Å². The van der Waals surface area contributed by atoms with Gasteiger partial charge < -0.3 is 14.1 Å². The molecule has 0 atom stereocenters. The van der Waals surface area contributed by atoms with Crippen molar-refractivity contribution in [3.8, 4) is 5.75 Å². The highest BCUT2D eigenvalue weighted by molar-refractivity contribution is 6.20. The minimum Gasteiger partial charge on any atom is -0.488 e. The maximum absolute atomic E-state index is 13.6. The first kappa shape index (κ1) is 24.3. The summed E-state index contributed by atoms with van der Waals surface area (Å²) in [7, 11) is 0. The average Bonchev–Trinajstić information content (AvgIpc) is 3.13. The van der Waals surface area contributed by atoms with Crippen molar-refractivity contribution < 1.29 is 24.0 Å². The van der Waals surface area contributed by atoms with Crippen LogP contribution in [0.4, 0.5) is 0 Å². The van der Waals surface area contributed by atoms with Crippen LogP contribution in [0.1, 0.15) is 65.5 Å². The second kappa shape index (κ2) is 9.58. The van der Waals surface area contributed by atoms with Gasteiger partial charge in [-0.2, -0.15) is 0 Å². The van der Waals surface area contributed by atoms with Gasteiger partial charge in [-0.05, 0) is 54.8 Å². The number of ketones is 2. The highest BCUT2D eigenvalue weighted by Gasteiger charge is 2.26. The smallest absolute Gasteiger partial charge is 0.329 e. The third-order valence-corrected chi connectivity index (χ3v) is 6.70. The van der Waals surface area contributed by atoms with Crippen LogP contribution >= 0.6 is 0 Å². The molecule has 0 radical (unpaired) electrons. The Morgan fingerprint density at radius 1 is 1.08 bits per heavy atom. The van der Waals surface area contributed by atoms with Gasteiger partial charge in [0.05, 0.1) is 16.5 Å². The van der Waals surface area contributed by atoms with E-state index in [4.69, 9.17) is 9.57 Å². The van der Waals surface area contributed by atoms with E-state index in [1.54, 1.807) is 12.1 Å². The number of carbonyl (C=O) groups is 3. The number of allylic oxidation sites excluding steroid dienone is 1. The minimum absolute atomic E-state index is 0.0443. The number of hydroxylamine groups is 1. The molecule has 1 aliphatic heterocycles. The molecule has 0 saturated heterocycles. The van der Waals surface area contributed by atoms with E-state index in [2.05, 4.69) is 30.8 Å². The SMILES string of the molecule is CCn1c2ccc(C(=O)c3ccccc3C(C)C)cc2c2c3c(ccc21)C(=O)C(NOC(C)=O)=CCO3. The summed E-state index contributed by atoms with van der Waals surface area (Å²) < 4.78 is 8.24. The van der Waals surface area contributed by atoms with Crippen LogP contribution in [0.2, 0.25) is 0 Å². The number of hydrogen-bond donors (Lipinski definition) is 1. The summed E-state index contributed by atoms with van der Waals surface area (Å²) in [5, 5.41) is 1.61. The number of fused-ring (bicyclic) bond motifs is 5. The molecule has 0 bridgehead atoms. The van der Waals surface area contributed by atoms with Gasteiger partial charge in [0.1, 0.15) is 18.1 Å². The predicted molar refractivity (Wildman–Crippen MR) is 142 cm³/mol. The molecule has 188 valence electrons. The molecule has 3 aromatic carbocycles. The number of benzene rings is 3. The van der Waals surface area contributed by atoms with Crippen LogP contribution in [0.3, 0.4) is 0 Å². The van der Waals surface area contributed by atoms with Gasteiger partial charge in [0.2, 0.25) is 5.78 Å². The summed E-state index contributed by atoms with van der Waals surface area (Å²) in [5.41, 5.74) is 7.05. The van der Waals surface area contributed by atoms with E-state index in [-0.39, 0.29) is 29.8 Å². The Balaban J connectivity index is 1.68. The highest BCUT2D eigenvalue weighted by atomic mass is 16.7. The zero-order valence-electron chi connectivity index (χ0n) is 21.3. The van der Waals surface area contributed by atoms with Crippen molar-refractivity contribution in [2.24, 2.45) is 0 Å². The van der Waals surface area contributed by atoms with Crippen LogP contribution in [0.15, 0.2) is 66.4 Å². The zero-order chi connectivity index (χ0) is 26.3. The summed E-state index contributed by atoms with van der Waals surface area (Å²) in [5.74, 6) is -0.286. The fourth-order valence-corrected chi connectivity index (χ4v) is 4.99. The van der Waals surface area contributed by atoms with Crippen molar-refractivity contribution in [2.45, 2.75) is 40.2 Å². The number of nitrogens with zero attached hydrogens (tertiary/aromatic N) is 1. The molecule has 1 aromatic heterocycles. The highest BCUT2D eigenvalue weighted by Crippen LogP contribution is 2.40. The molecule has 2 heterocycles. The van der Waals surface area contributed by atoms with Gasteiger partial charge in [-0.1, -0.05) is 38.1 Å². The van der Waals surface area contributed by atoms with Gasteiger partial charge in [-0.3, -0.25) is 14.4 Å². The van der Waals surface area contributed by atoms with Crippen LogP contribution in [0.5, 0.6) is 5.75 Å². The quantitative estimate of drug-likeness (QED) is 0.272. The molecule has 0 amide bonds. The van der Waals surface area contributed by atoms with E-state index < -0.39 is 5.97 Å². The predicted octanol–water partition coefficient (Wildman–Crippen LogP) is 5.70. The van der Waals surface area contributed by atoms with Gasteiger partial charge in [-0.15, -0.1) is 0 Å². The number of rotatable bonds is 6. The summed E-state index contributed by atoms with van der Waals surface area (Å²) >= 11 is 0. The number of carbonyl (C=O) groups excluding carboxylic acids is 3. The Labute approximate surface area is 214 Å². The lowest BCUT2D eigenvalue weighted by atomic mass is 9.91. The lowest BCUT2D eigenvalue weighted by Crippen LogP contribution is -2.23. The third kappa shape index (κ3) is 4.16. The summed E-state index contributed by atoms with van der Waals surface area (Å²) in [6, 6.07) is 17.0. The van der Waals surface area contributed by atoms with Crippen molar-refractivity contribution in [3.05, 3.63) is 88.6 Å². The van der Waals surface area contributed by atoms with E-state index >= 15 is 0 Å². The molecule has 7 heteroatoms. The molecular formula is C30H28N2O5. The second-order valence-corrected chi connectivity index (χ2v) is 9.34. The van der Waals surface area contributed by atoms with Gasteiger partial charge in [0, 0.05) is 35.5 Å². The Morgan fingerprint density at radius 3 is 2.57 bits per heavy atom. The molecule has 1 aliphatic rings. The van der Waals surface area contributed by atoms with Gasteiger partial charge in [0.15, 0.2) is 5.78 Å². The van der Waals surface area contributed by atoms with Crippen molar-refractivity contribution in [1.82, 2.24) is 10.0 Å². The lowest BCUT2D eigenvalue weighted by molar-refractivity contribution is -0.146. The van der Waals surface area contributed by atoms with Crippen LogP contribution < -0.4 is 10.2 Å². The van der Waals surface area contributed by atoms with E-state index in [1.807, 2.05) is 48.5 Å². The standard InChI is InChI=1S/C30H28N2O5/c1-5-32-25-12-10-19(28(34)21-9-7-6-8-20(21)17(2)3)16-23(25)27-26(32)13-11-22-29(35)24(31-37-18(4)33)14-15-36-30(22)27/h6-14,16-17,31H,5,15H2,1-4H3. The average molecular weight is 497 g/mol. The first-order valence-electron chi connectivity index (χ1n) is 12.4. The van der Waals surface area contributed by atoms with Crippen LogP contribution in [-0.4, -0.2) is 28.7 Å². The van der Waals surface area contributed by atoms with E-state index in [1.165, 1.54) is 6.92 Å². The molecule has 0 saturated carbocycles. The molecule has 0 fully saturated rings. The number of ether oxygens (including phenoxy) is 1. The molecule has 0 aliphatic carbocycles. The number of hydrogen-bond acceptors (Lipinski definition) is 6. The lowest BCUT2D eigenvalue weighted by Gasteiger charge is -2.12. The Hall–Kier alpha value is -4.39. The largest absolute Gasteiger partial charge is 0.488 e. The zero-order valence-corrected chi connectivity index (χ0v) is 21.3. The molecule has 7 nitrogen and oxygen atoms in total. The fraction of sp³-hybridized carbons (Fsp3) is 0.233. The maximum Gasteiger partial charge on any atom is 0.329 e. The molecule has 0 spiro atoms. The van der Waals surface area contributed by atoms with Gasteiger partial charge in [-0.25, -0.2) is 5.48 Å². The monoisotopic (exact) mass is 496 g/mol. The first-order valence-corrected chi connectivity index (χ1v) is 12.4. The molecular weight excluding hydrogens is 468 g/mol. The Bertz CT molecular complexity index is 1610. The topological polar surface area (TPSA) is 86.6 Å². The molecule has 37 heavy (non-hydrogen) atoms.